The first-order valence-corrected chi connectivity index (χ1v) is 8.80. The molecule has 2 aromatic rings. The first-order valence-electron chi connectivity index (χ1n) is 7.02. The van der Waals surface area contributed by atoms with Crippen LogP contribution >= 0.6 is 27.7 Å². The first kappa shape index (κ1) is 15.1. The molecule has 1 nitrogen and oxygen atoms in total. The number of likely N-dealkylation sites (N-methyl/N-ethyl adjacent to an activating group) is 1. The minimum absolute atomic E-state index is 0.177. The van der Waals surface area contributed by atoms with Crippen molar-refractivity contribution in [2.75, 3.05) is 12.8 Å². The highest BCUT2D eigenvalue weighted by molar-refractivity contribution is 9.10. The number of hydrogen-bond donors (Lipinski definition) is 1. The summed E-state index contributed by atoms with van der Waals surface area (Å²) in [6, 6.07) is 13.8. The van der Waals surface area contributed by atoms with E-state index >= 15 is 0 Å². The maximum atomic E-state index is 13.5. The van der Waals surface area contributed by atoms with Crippen LogP contribution in [0.15, 0.2) is 51.8 Å². The number of thioether (sulfide) groups is 1. The van der Waals surface area contributed by atoms with Crippen LogP contribution in [0.25, 0.3) is 0 Å². The first-order chi connectivity index (χ1) is 10.2. The Bertz CT molecular complexity index is 646. The fourth-order valence-corrected chi connectivity index (χ4v) is 4.64. The summed E-state index contributed by atoms with van der Waals surface area (Å²) in [6.07, 6.45) is 0.814. The van der Waals surface area contributed by atoms with Crippen LogP contribution in [0.2, 0.25) is 0 Å². The van der Waals surface area contributed by atoms with Gasteiger partial charge >= 0.3 is 0 Å². The lowest BCUT2D eigenvalue weighted by Gasteiger charge is -2.24. The summed E-state index contributed by atoms with van der Waals surface area (Å²) >= 11 is 5.44. The molecular formula is C17H17BrFNS. The predicted molar refractivity (Wildman–Crippen MR) is 90.6 cm³/mol. The van der Waals surface area contributed by atoms with E-state index in [-0.39, 0.29) is 5.82 Å². The van der Waals surface area contributed by atoms with Gasteiger partial charge in [0.2, 0.25) is 0 Å². The van der Waals surface area contributed by atoms with Crippen LogP contribution in [0.1, 0.15) is 17.0 Å². The van der Waals surface area contributed by atoms with Crippen molar-refractivity contribution < 1.29 is 4.39 Å². The smallest absolute Gasteiger partial charge is 0.123 e. The van der Waals surface area contributed by atoms with E-state index in [1.54, 1.807) is 12.1 Å². The van der Waals surface area contributed by atoms with Crippen molar-refractivity contribution in [2.45, 2.75) is 23.3 Å². The molecule has 0 saturated carbocycles. The Balaban J connectivity index is 1.85. The van der Waals surface area contributed by atoms with Crippen molar-refractivity contribution in [3.05, 3.63) is 63.9 Å². The molecule has 110 valence electrons. The van der Waals surface area contributed by atoms with E-state index in [0.717, 1.165) is 22.2 Å². The molecule has 0 saturated heterocycles. The SMILES string of the molecule is CNC(Cc1cc(F)ccc1Br)C1CSc2ccccc21. The number of rotatable bonds is 4. The summed E-state index contributed by atoms with van der Waals surface area (Å²) < 4.78 is 14.4. The number of hydrogen-bond acceptors (Lipinski definition) is 2. The molecule has 21 heavy (non-hydrogen) atoms. The molecule has 1 aliphatic rings. The number of benzene rings is 2. The van der Waals surface area contributed by atoms with Crippen molar-refractivity contribution in [3.8, 4) is 0 Å². The van der Waals surface area contributed by atoms with Crippen LogP contribution in [0.3, 0.4) is 0 Å². The zero-order chi connectivity index (χ0) is 14.8. The molecule has 4 heteroatoms. The van der Waals surface area contributed by atoms with Gasteiger partial charge in [-0.05, 0) is 48.9 Å². The fourth-order valence-electron chi connectivity index (χ4n) is 2.90. The standard InChI is InChI=1S/C17H17BrFNS/c1-20-16(9-11-8-12(19)6-7-15(11)18)14-10-21-17-5-3-2-4-13(14)17/h2-8,14,16,20H,9-10H2,1H3. The van der Waals surface area contributed by atoms with Gasteiger partial charge in [-0.15, -0.1) is 11.8 Å². The zero-order valence-corrected chi connectivity index (χ0v) is 14.2. The van der Waals surface area contributed by atoms with Gasteiger partial charge in [-0.1, -0.05) is 34.1 Å². The normalized spacial score (nSPS) is 18.5. The third-order valence-electron chi connectivity index (χ3n) is 4.04. The highest BCUT2D eigenvalue weighted by Gasteiger charge is 2.29. The van der Waals surface area contributed by atoms with Crippen LogP contribution in [0.5, 0.6) is 0 Å². The average molecular weight is 366 g/mol. The van der Waals surface area contributed by atoms with Crippen LogP contribution in [-0.4, -0.2) is 18.8 Å². The van der Waals surface area contributed by atoms with Crippen molar-refractivity contribution >= 4 is 27.7 Å². The van der Waals surface area contributed by atoms with Crippen LogP contribution in [-0.2, 0) is 6.42 Å². The summed E-state index contributed by atoms with van der Waals surface area (Å²) in [5.74, 6) is 1.37. The maximum Gasteiger partial charge on any atom is 0.123 e. The molecule has 2 atom stereocenters. The summed E-state index contributed by atoms with van der Waals surface area (Å²) in [5.41, 5.74) is 2.43. The highest BCUT2D eigenvalue weighted by atomic mass is 79.9. The summed E-state index contributed by atoms with van der Waals surface area (Å²) in [7, 11) is 1.99. The molecule has 2 aromatic carbocycles. The van der Waals surface area contributed by atoms with Gasteiger partial charge < -0.3 is 5.32 Å². The summed E-state index contributed by atoms with van der Waals surface area (Å²) in [5, 5.41) is 3.42. The number of fused-ring (bicyclic) bond motifs is 1. The maximum absolute atomic E-state index is 13.5. The Morgan fingerprint density at radius 2 is 2.14 bits per heavy atom. The van der Waals surface area contributed by atoms with E-state index in [1.807, 2.05) is 18.8 Å². The van der Waals surface area contributed by atoms with Gasteiger partial charge in [0.15, 0.2) is 0 Å². The van der Waals surface area contributed by atoms with Crippen LogP contribution in [0, 0.1) is 5.82 Å². The predicted octanol–water partition coefficient (Wildman–Crippen LogP) is 4.61. The van der Waals surface area contributed by atoms with E-state index in [9.17, 15) is 4.39 Å². The van der Waals surface area contributed by atoms with Crippen molar-refractivity contribution in [1.29, 1.82) is 0 Å². The minimum Gasteiger partial charge on any atom is -0.316 e. The van der Waals surface area contributed by atoms with Gasteiger partial charge in [0.05, 0.1) is 0 Å². The minimum atomic E-state index is -0.177. The second-order valence-electron chi connectivity index (χ2n) is 5.29. The number of halogens is 2. The van der Waals surface area contributed by atoms with Crippen molar-refractivity contribution in [1.82, 2.24) is 5.32 Å². The Morgan fingerprint density at radius 3 is 2.95 bits per heavy atom. The van der Waals surface area contributed by atoms with Gasteiger partial charge in [-0.2, -0.15) is 0 Å². The van der Waals surface area contributed by atoms with Gasteiger partial charge in [0.25, 0.3) is 0 Å². The molecule has 0 amide bonds. The lowest BCUT2D eigenvalue weighted by molar-refractivity contribution is 0.487. The molecule has 0 bridgehead atoms. The topological polar surface area (TPSA) is 12.0 Å². The molecule has 0 fully saturated rings. The molecule has 0 radical (unpaired) electrons. The molecule has 1 heterocycles. The second kappa shape index (κ2) is 6.51. The van der Waals surface area contributed by atoms with E-state index in [2.05, 4.69) is 45.5 Å². The molecule has 0 spiro atoms. The average Bonchev–Trinajstić information content (AvgIpc) is 2.92. The zero-order valence-electron chi connectivity index (χ0n) is 11.8. The van der Waals surface area contributed by atoms with E-state index in [1.165, 1.54) is 16.5 Å². The van der Waals surface area contributed by atoms with Crippen molar-refractivity contribution in [2.24, 2.45) is 0 Å². The lowest BCUT2D eigenvalue weighted by Crippen LogP contribution is -2.34. The third-order valence-corrected chi connectivity index (χ3v) is 6.02. The Hall–Kier alpha value is -0.840. The highest BCUT2D eigenvalue weighted by Crippen LogP contribution is 2.41. The lowest BCUT2D eigenvalue weighted by atomic mass is 9.89. The van der Waals surface area contributed by atoms with Crippen LogP contribution < -0.4 is 5.32 Å². The van der Waals surface area contributed by atoms with Crippen LogP contribution in [0.4, 0.5) is 4.39 Å². The molecule has 0 aromatic heterocycles. The molecular weight excluding hydrogens is 349 g/mol. The quantitative estimate of drug-likeness (QED) is 0.848. The van der Waals surface area contributed by atoms with Gasteiger partial charge in [-0.25, -0.2) is 4.39 Å². The molecule has 1 N–H and O–H groups in total. The monoisotopic (exact) mass is 365 g/mol. The van der Waals surface area contributed by atoms with Gasteiger partial charge in [0.1, 0.15) is 5.82 Å². The fraction of sp³-hybridized carbons (Fsp3) is 0.294. The number of nitrogens with one attached hydrogen (secondary N) is 1. The second-order valence-corrected chi connectivity index (χ2v) is 7.21. The van der Waals surface area contributed by atoms with E-state index in [0.29, 0.717) is 12.0 Å². The summed E-state index contributed by atoms with van der Waals surface area (Å²) in [4.78, 5) is 1.38. The Morgan fingerprint density at radius 1 is 1.33 bits per heavy atom. The van der Waals surface area contributed by atoms with Crippen molar-refractivity contribution in [3.63, 3.8) is 0 Å². The molecule has 1 aliphatic heterocycles. The van der Waals surface area contributed by atoms with E-state index in [4.69, 9.17) is 0 Å². The molecule has 3 rings (SSSR count). The Labute approximate surface area is 137 Å². The van der Waals surface area contributed by atoms with Gasteiger partial charge in [0, 0.05) is 27.1 Å². The summed E-state index contributed by atoms with van der Waals surface area (Å²) in [6.45, 7) is 0. The molecule has 2 unspecified atom stereocenters. The third kappa shape index (κ3) is 3.17. The Kier molecular flexibility index (Phi) is 4.67. The van der Waals surface area contributed by atoms with Gasteiger partial charge in [-0.3, -0.25) is 0 Å². The largest absolute Gasteiger partial charge is 0.316 e. The van der Waals surface area contributed by atoms with E-state index < -0.39 is 0 Å². The molecule has 0 aliphatic carbocycles.